The Labute approximate surface area is 93.6 Å². The van der Waals surface area contributed by atoms with Gasteiger partial charge in [-0.3, -0.25) is 9.17 Å². The number of aryl methyl sites for hydroxylation is 1. The van der Waals surface area contributed by atoms with E-state index >= 15 is 0 Å². The minimum absolute atomic E-state index is 0.0137. The van der Waals surface area contributed by atoms with Crippen LogP contribution in [0.4, 0.5) is 0 Å². The quantitative estimate of drug-likeness (QED) is 0.822. The van der Waals surface area contributed by atoms with Crippen molar-refractivity contribution in [2.24, 2.45) is 0 Å². The van der Waals surface area contributed by atoms with Crippen LogP contribution in [0.3, 0.4) is 0 Å². The van der Waals surface area contributed by atoms with Gasteiger partial charge < -0.3 is 4.98 Å². The van der Waals surface area contributed by atoms with Crippen LogP contribution in [-0.2, 0) is 20.9 Å². The highest BCUT2D eigenvalue weighted by molar-refractivity contribution is 7.85. The third kappa shape index (κ3) is 2.59. The average molecular weight is 240 g/mol. The van der Waals surface area contributed by atoms with Gasteiger partial charge in [-0.05, 0) is 24.6 Å². The lowest BCUT2D eigenvalue weighted by Crippen LogP contribution is -2.02. The van der Waals surface area contributed by atoms with Crippen LogP contribution in [0.5, 0.6) is 0 Å². The number of hydrogen-bond donors (Lipinski definition) is 1. The molecule has 0 amide bonds. The average Bonchev–Trinajstić information content (AvgIpc) is 2.52. The van der Waals surface area contributed by atoms with Crippen LogP contribution >= 0.6 is 0 Å². The van der Waals surface area contributed by atoms with E-state index in [2.05, 4.69) is 14.2 Å². The molecule has 2 rings (SSSR count). The smallest absolute Gasteiger partial charge is 0.264 e. The molecule has 0 saturated carbocycles. The van der Waals surface area contributed by atoms with Crippen LogP contribution < -0.4 is 0 Å². The first-order valence-corrected chi connectivity index (χ1v) is 6.54. The molecule has 2 heterocycles. The molecule has 0 saturated heterocycles. The summed E-state index contributed by atoms with van der Waals surface area (Å²) in [6.07, 6.45) is 2.64. The Kier molecular flexibility index (Phi) is 2.69. The van der Waals surface area contributed by atoms with E-state index in [-0.39, 0.29) is 6.61 Å². The zero-order valence-electron chi connectivity index (χ0n) is 9.02. The number of pyridine rings is 1. The SMILES string of the molecule is Cc1cc2ncc(COS(C)(=O)=O)cc2[nH]1. The van der Waals surface area contributed by atoms with Crippen molar-refractivity contribution in [1.82, 2.24) is 9.97 Å². The molecule has 0 spiro atoms. The summed E-state index contributed by atoms with van der Waals surface area (Å²) in [6.45, 7) is 1.95. The molecule has 0 unspecified atom stereocenters. The molecule has 0 aliphatic heterocycles. The van der Waals surface area contributed by atoms with Gasteiger partial charge in [-0.25, -0.2) is 0 Å². The van der Waals surface area contributed by atoms with Gasteiger partial charge in [-0.15, -0.1) is 0 Å². The van der Waals surface area contributed by atoms with Gasteiger partial charge in [0.15, 0.2) is 0 Å². The van der Waals surface area contributed by atoms with Crippen LogP contribution in [0.15, 0.2) is 18.3 Å². The highest BCUT2D eigenvalue weighted by Crippen LogP contribution is 2.14. The summed E-state index contributed by atoms with van der Waals surface area (Å²) < 4.78 is 26.3. The highest BCUT2D eigenvalue weighted by atomic mass is 32.2. The lowest BCUT2D eigenvalue weighted by Gasteiger charge is -2.00. The molecule has 1 N–H and O–H groups in total. The van der Waals surface area contributed by atoms with Crippen LogP contribution in [0.2, 0.25) is 0 Å². The van der Waals surface area contributed by atoms with E-state index in [1.165, 1.54) is 0 Å². The summed E-state index contributed by atoms with van der Waals surface area (Å²) in [5.41, 5.74) is 3.48. The maximum Gasteiger partial charge on any atom is 0.264 e. The monoisotopic (exact) mass is 240 g/mol. The summed E-state index contributed by atoms with van der Waals surface area (Å²) in [5, 5.41) is 0. The van der Waals surface area contributed by atoms with Crippen molar-refractivity contribution in [3.8, 4) is 0 Å². The predicted molar refractivity (Wildman–Crippen MR) is 60.5 cm³/mol. The molecule has 0 aliphatic rings. The molecule has 5 nitrogen and oxygen atoms in total. The van der Waals surface area contributed by atoms with Gasteiger partial charge in [-0.1, -0.05) is 0 Å². The van der Waals surface area contributed by atoms with Gasteiger partial charge in [0.1, 0.15) is 0 Å². The van der Waals surface area contributed by atoms with Crippen molar-refractivity contribution in [2.75, 3.05) is 6.26 Å². The number of aromatic nitrogens is 2. The molecule has 6 heteroatoms. The summed E-state index contributed by atoms with van der Waals surface area (Å²) in [4.78, 5) is 7.33. The van der Waals surface area contributed by atoms with Crippen LogP contribution in [0.1, 0.15) is 11.3 Å². The second-order valence-corrected chi connectivity index (χ2v) is 5.34. The maximum absolute atomic E-state index is 10.8. The van der Waals surface area contributed by atoms with Crippen molar-refractivity contribution >= 4 is 21.2 Å². The number of nitrogens with one attached hydrogen (secondary N) is 1. The molecule has 2 aromatic rings. The van der Waals surface area contributed by atoms with Crippen molar-refractivity contribution < 1.29 is 12.6 Å². The molecule has 2 aromatic heterocycles. The zero-order chi connectivity index (χ0) is 11.8. The van der Waals surface area contributed by atoms with Crippen molar-refractivity contribution in [3.63, 3.8) is 0 Å². The summed E-state index contributed by atoms with van der Waals surface area (Å²) in [6, 6.07) is 3.76. The Bertz CT molecular complexity index is 616. The number of hydrogen-bond acceptors (Lipinski definition) is 4. The fourth-order valence-corrected chi connectivity index (χ4v) is 1.79. The number of nitrogens with zero attached hydrogens (tertiary/aromatic N) is 1. The predicted octanol–water partition coefficient (Wildman–Crippen LogP) is 1.35. The van der Waals surface area contributed by atoms with Crippen LogP contribution in [-0.4, -0.2) is 24.6 Å². The van der Waals surface area contributed by atoms with Crippen molar-refractivity contribution in [2.45, 2.75) is 13.5 Å². The fourth-order valence-electron chi connectivity index (χ4n) is 1.44. The fraction of sp³-hybridized carbons (Fsp3) is 0.300. The van der Waals surface area contributed by atoms with E-state index in [4.69, 9.17) is 0 Å². The minimum Gasteiger partial charge on any atom is -0.357 e. The Hall–Kier alpha value is -1.40. The van der Waals surface area contributed by atoms with Gasteiger partial charge in [0.2, 0.25) is 0 Å². The molecule has 0 radical (unpaired) electrons. The second kappa shape index (κ2) is 3.88. The topological polar surface area (TPSA) is 72.0 Å². The van der Waals surface area contributed by atoms with Gasteiger partial charge in [-0.2, -0.15) is 8.42 Å². The summed E-state index contributed by atoms with van der Waals surface area (Å²) >= 11 is 0. The highest BCUT2D eigenvalue weighted by Gasteiger charge is 2.05. The van der Waals surface area contributed by atoms with Crippen molar-refractivity contribution in [1.29, 1.82) is 0 Å². The third-order valence-electron chi connectivity index (χ3n) is 2.10. The Morgan fingerprint density at radius 2 is 2.19 bits per heavy atom. The number of H-pyrrole nitrogens is 1. The first kappa shape index (κ1) is 11.1. The molecule has 86 valence electrons. The van der Waals surface area contributed by atoms with Crippen LogP contribution in [0, 0.1) is 6.92 Å². The molecule has 0 atom stereocenters. The Balaban J connectivity index is 2.25. The number of rotatable bonds is 3. The van der Waals surface area contributed by atoms with E-state index in [1.807, 2.05) is 19.1 Å². The molecule has 0 aliphatic carbocycles. The third-order valence-corrected chi connectivity index (χ3v) is 2.65. The zero-order valence-corrected chi connectivity index (χ0v) is 9.84. The van der Waals surface area contributed by atoms with Gasteiger partial charge >= 0.3 is 0 Å². The largest absolute Gasteiger partial charge is 0.357 e. The summed E-state index contributed by atoms with van der Waals surface area (Å²) in [7, 11) is -3.41. The molecule has 0 fully saturated rings. The molecule has 0 bridgehead atoms. The second-order valence-electron chi connectivity index (χ2n) is 3.70. The lowest BCUT2D eigenvalue weighted by atomic mass is 10.3. The van der Waals surface area contributed by atoms with Gasteiger partial charge in [0.25, 0.3) is 10.1 Å². The van der Waals surface area contributed by atoms with Crippen LogP contribution in [0.25, 0.3) is 11.0 Å². The number of aromatic amines is 1. The van der Waals surface area contributed by atoms with E-state index in [0.717, 1.165) is 28.5 Å². The van der Waals surface area contributed by atoms with E-state index < -0.39 is 10.1 Å². The molecular formula is C10H12N2O3S. The van der Waals surface area contributed by atoms with E-state index in [0.29, 0.717) is 0 Å². The maximum atomic E-state index is 10.8. The molecule has 16 heavy (non-hydrogen) atoms. The van der Waals surface area contributed by atoms with E-state index in [9.17, 15) is 8.42 Å². The first-order valence-electron chi connectivity index (χ1n) is 4.73. The minimum atomic E-state index is -3.41. The Morgan fingerprint density at radius 1 is 1.44 bits per heavy atom. The van der Waals surface area contributed by atoms with Crippen molar-refractivity contribution in [3.05, 3.63) is 29.6 Å². The summed E-state index contributed by atoms with van der Waals surface area (Å²) in [5.74, 6) is 0. The standard InChI is InChI=1S/C10H12N2O3S/c1-7-3-9-10(12-7)4-8(5-11-9)6-15-16(2,13)14/h3-5,12H,6H2,1-2H3. The lowest BCUT2D eigenvalue weighted by molar-refractivity contribution is 0.311. The first-order chi connectivity index (χ1) is 7.44. The van der Waals surface area contributed by atoms with Gasteiger partial charge in [0, 0.05) is 11.9 Å². The Morgan fingerprint density at radius 3 is 2.88 bits per heavy atom. The van der Waals surface area contributed by atoms with Gasteiger partial charge in [0.05, 0.1) is 23.9 Å². The molecular weight excluding hydrogens is 228 g/mol. The molecule has 0 aromatic carbocycles. The van der Waals surface area contributed by atoms with E-state index in [1.54, 1.807) is 6.20 Å². The number of fused-ring (bicyclic) bond motifs is 1. The normalized spacial score (nSPS) is 12.1.